The number of hydrogen-bond donors (Lipinski definition) is 0. The van der Waals surface area contributed by atoms with Gasteiger partial charge in [-0.15, -0.1) is 11.3 Å². The summed E-state index contributed by atoms with van der Waals surface area (Å²) in [5, 5.41) is 7.57. The molecule has 0 atom stereocenters. The molecule has 11 aromatic carbocycles. The normalized spacial score (nSPS) is 11.6. The van der Waals surface area contributed by atoms with E-state index in [-0.39, 0.29) is 0 Å². The van der Waals surface area contributed by atoms with Crippen LogP contribution in [0.4, 0.5) is 17.1 Å². The lowest BCUT2D eigenvalue weighted by Crippen LogP contribution is -2.11. The molecule has 13 aromatic rings. The molecule has 0 N–H and O–H groups in total. The van der Waals surface area contributed by atoms with Gasteiger partial charge in [0, 0.05) is 53.4 Å². The van der Waals surface area contributed by atoms with Crippen LogP contribution in [0.3, 0.4) is 0 Å². The van der Waals surface area contributed by atoms with E-state index in [0.29, 0.717) is 0 Å². The third-order valence-electron chi connectivity index (χ3n) is 13.4. The first-order valence-electron chi connectivity index (χ1n) is 22.9. The highest BCUT2D eigenvalue weighted by Crippen LogP contribution is 2.47. The summed E-state index contributed by atoms with van der Waals surface area (Å²) in [7, 11) is 0. The Morgan fingerprint density at radius 3 is 1.69 bits per heavy atom. The molecule has 0 saturated carbocycles. The third-order valence-corrected chi connectivity index (χ3v) is 14.6. The van der Waals surface area contributed by atoms with Crippen molar-refractivity contribution in [2.75, 3.05) is 4.90 Å². The summed E-state index contributed by atoms with van der Waals surface area (Å²) in [5.74, 6) is 0. The van der Waals surface area contributed by atoms with Crippen molar-refractivity contribution in [3.05, 3.63) is 255 Å². The van der Waals surface area contributed by atoms with Crippen molar-refractivity contribution in [1.82, 2.24) is 4.57 Å². The van der Waals surface area contributed by atoms with E-state index < -0.39 is 0 Å². The third kappa shape index (κ3) is 6.63. The Hall–Kier alpha value is -8.50. The lowest BCUT2D eigenvalue weighted by Gasteiger charge is -2.29. The van der Waals surface area contributed by atoms with Gasteiger partial charge < -0.3 is 9.47 Å². The SMILES string of the molecule is c1ccc(-c2ccc(-c3cccc4ccccc34)cc2N(c2ccc(-c3ccccc3-n3c4ccccc4c4ccccc43)cc2)c2cccc(-c3cccc4c3sc3ccccc34)c2)cc1. The van der Waals surface area contributed by atoms with Crippen LogP contribution in [-0.2, 0) is 0 Å². The molecular formula is C64H42N2S. The summed E-state index contributed by atoms with van der Waals surface area (Å²) < 4.78 is 5.04. The van der Waals surface area contributed by atoms with Crippen molar-refractivity contribution >= 4 is 81.1 Å². The summed E-state index contributed by atoms with van der Waals surface area (Å²) in [6.45, 7) is 0. The largest absolute Gasteiger partial charge is 0.310 e. The summed E-state index contributed by atoms with van der Waals surface area (Å²) >= 11 is 1.88. The fourth-order valence-electron chi connectivity index (χ4n) is 10.3. The zero-order valence-electron chi connectivity index (χ0n) is 36.6. The van der Waals surface area contributed by atoms with E-state index in [1.54, 1.807) is 0 Å². The summed E-state index contributed by atoms with van der Waals surface area (Å²) in [5.41, 5.74) is 16.3. The molecule has 67 heavy (non-hydrogen) atoms. The van der Waals surface area contributed by atoms with Gasteiger partial charge in [0.2, 0.25) is 0 Å². The zero-order chi connectivity index (χ0) is 44.3. The van der Waals surface area contributed by atoms with Crippen LogP contribution in [0.15, 0.2) is 255 Å². The minimum absolute atomic E-state index is 1.07. The van der Waals surface area contributed by atoms with Gasteiger partial charge in [0.1, 0.15) is 0 Å². The van der Waals surface area contributed by atoms with Crippen LogP contribution in [0.25, 0.3) is 103 Å². The molecule has 3 heteroatoms. The van der Waals surface area contributed by atoms with Crippen LogP contribution in [0.2, 0.25) is 0 Å². The second-order valence-electron chi connectivity index (χ2n) is 17.2. The molecule has 0 amide bonds. The number of thiophene rings is 1. The Bertz CT molecular complexity index is 3930. The van der Waals surface area contributed by atoms with Crippen LogP contribution in [0, 0.1) is 0 Å². The molecule has 0 radical (unpaired) electrons. The predicted octanol–water partition coefficient (Wildman–Crippen LogP) is 18.4. The molecule has 0 saturated heterocycles. The lowest BCUT2D eigenvalue weighted by atomic mass is 9.93. The van der Waals surface area contributed by atoms with Crippen LogP contribution >= 0.6 is 11.3 Å². The maximum absolute atomic E-state index is 2.47. The van der Waals surface area contributed by atoms with Crippen LogP contribution < -0.4 is 4.90 Å². The van der Waals surface area contributed by atoms with Crippen LogP contribution in [0.5, 0.6) is 0 Å². The first-order chi connectivity index (χ1) is 33.2. The molecule has 0 aliphatic heterocycles. The van der Waals surface area contributed by atoms with E-state index in [1.165, 1.54) is 80.6 Å². The minimum atomic E-state index is 1.07. The second-order valence-corrected chi connectivity index (χ2v) is 18.3. The zero-order valence-corrected chi connectivity index (χ0v) is 37.4. The van der Waals surface area contributed by atoms with Crippen molar-refractivity contribution < 1.29 is 0 Å². The monoisotopic (exact) mass is 870 g/mol. The Labute approximate surface area is 393 Å². The van der Waals surface area contributed by atoms with Crippen LogP contribution in [0.1, 0.15) is 0 Å². The van der Waals surface area contributed by atoms with Crippen molar-refractivity contribution in [2.45, 2.75) is 0 Å². The maximum Gasteiger partial charge on any atom is 0.0546 e. The summed E-state index contributed by atoms with van der Waals surface area (Å²) in [6.07, 6.45) is 0. The van der Waals surface area contributed by atoms with Crippen LogP contribution in [-0.4, -0.2) is 4.57 Å². The van der Waals surface area contributed by atoms with Crippen molar-refractivity contribution in [3.8, 4) is 50.2 Å². The molecule has 0 bridgehead atoms. The standard InChI is InChI=1S/C64H42N2S/c1-2-17-44(18-3-1)53-40-37-47(51-28-15-20-43-19-4-5-23-50(43)51)42-62(53)65(49-22-14-21-46(41-49)54-29-16-30-58-57-27-9-13-34-63(57)67-64(54)58)48-38-35-45(36-39-48)52-24-6-10-31-59(52)66-60-32-11-7-25-55(60)56-26-8-12-33-61(56)66/h1-42H. The molecule has 0 spiro atoms. The summed E-state index contributed by atoms with van der Waals surface area (Å²) in [4.78, 5) is 2.47. The number of hydrogen-bond acceptors (Lipinski definition) is 2. The smallest absolute Gasteiger partial charge is 0.0546 e. The van der Waals surface area contributed by atoms with E-state index in [2.05, 4.69) is 264 Å². The van der Waals surface area contributed by atoms with E-state index in [1.807, 2.05) is 11.3 Å². The van der Waals surface area contributed by atoms with Gasteiger partial charge in [-0.25, -0.2) is 0 Å². The number of benzene rings is 11. The van der Waals surface area contributed by atoms with Gasteiger partial charge in [0.15, 0.2) is 0 Å². The van der Waals surface area contributed by atoms with E-state index in [9.17, 15) is 0 Å². The number of rotatable bonds is 8. The van der Waals surface area contributed by atoms with Gasteiger partial charge in [0.05, 0.1) is 22.4 Å². The predicted molar refractivity (Wildman–Crippen MR) is 288 cm³/mol. The first-order valence-corrected chi connectivity index (χ1v) is 23.7. The fourth-order valence-corrected chi connectivity index (χ4v) is 11.6. The number of nitrogens with zero attached hydrogens (tertiary/aromatic N) is 2. The Kier molecular flexibility index (Phi) is 9.40. The number of anilines is 3. The van der Waals surface area contributed by atoms with Gasteiger partial charge in [0.25, 0.3) is 0 Å². The Morgan fingerprint density at radius 2 is 0.866 bits per heavy atom. The first kappa shape index (κ1) is 38.9. The minimum Gasteiger partial charge on any atom is -0.310 e. The van der Waals surface area contributed by atoms with Gasteiger partial charge >= 0.3 is 0 Å². The molecule has 2 heterocycles. The van der Waals surface area contributed by atoms with E-state index >= 15 is 0 Å². The van der Waals surface area contributed by atoms with E-state index in [4.69, 9.17) is 0 Å². The van der Waals surface area contributed by atoms with Gasteiger partial charge in [-0.05, 0) is 98.8 Å². The lowest BCUT2D eigenvalue weighted by molar-refractivity contribution is 1.18. The highest BCUT2D eigenvalue weighted by molar-refractivity contribution is 7.26. The molecule has 314 valence electrons. The van der Waals surface area contributed by atoms with Gasteiger partial charge in [-0.1, -0.05) is 200 Å². The molecule has 0 aliphatic carbocycles. The molecule has 0 aliphatic rings. The topological polar surface area (TPSA) is 8.17 Å². The van der Waals surface area contributed by atoms with E-state index in [0.717, 1.165) is 39.4 Å². The molecule has 2 aromatic heterocycles. The quantitative estimate of drug-likeness (QED) is 0.148. The molecule has 13 rings (SSSR count). The van der Waals surface area contributed by atoms with Gasteiger partial charge in [-0.2, -0.15) is 0 Å². The highest BCUT2D eigenvalue weighted by atomic mass is 32.1. The number of para-hydroxylation sites is 3. The van der Waals surface area contributed by atoms with Gasteiger partial charge in [-0.3, -0.25) is 0 Å². The Balaban J connectivity index is 1.02. The molecule has 2 nitrogen and oxygen atoms in total. The average molecular weight is 871 g/mol. The Morgan fingerprint density at radius 1 is 0.313 bits per heavy atom. The second kappa shape index (κ2) is 16.2. The number of aromatic nitrogens is 1. The fraction of sp³-hybridized carbons (Fsp3) is 0. The van der Waals surface area contributed by atoms with Crippen molar-refractivity contribution in [2.24, 2.45) is 0 Å². The molecular weight excluding hydrogens is 829 g/mol. The summed E-state index contributed by atoms with van der Waals surface area (Å²) in [6, 6.07) is 93.3. The molecule has 0 fully saturated rings. The number of fused-ring (bicyclic) bond motifs is 7. The molecule has 0 unspecified atom stereocenters. The average Bonchev–Trinajstić information content (AvgIpc) is 3.95. The highest BCUT2D eigenvalue weighted by Gasteiger charge is 2.22. The maximum atomic E-state index is 2.47. The van der Waals surface area contributed by atoms with Crippen molar-refractivity contribution in [3.63, 3.8) is 0 Å². The van der Waals surface area contributed by atoms with Crippen molar-refractivity contribution in [1.29, 1.82) is 0 Å².